The van der Waals surface area contributed by atoms with Crippen LogP contribution in [0.15, 0.2) is 59.7 Å². The minimum Gasteiger partial charge on any atom is -0.493 e. The molecule has 2 aromatic carbocycles. The molecule has 7 nitrogen and oxygen atoms in total. The molecule has 4 aliphatic rings. The third-order valence-corrected chi connectivity index (χ3v) is 8.50. The van der Waals surface area contributed by atoms with Crippen molar-refractivity contribution in [1.82, 2.24) is 9.91 Å². The average molecular weight is 530 g/mol. The zero-order chi connectivity index (χ0) is 26.6. The number of amides is 1. The molecule has 39 heavy (non-hydrogen) atoms. The number of benzene rings is 2. The maximum absolute atomic E-state index is 13.6. The van der Waals surface area contributed by atoms with Gasteiger partial charge in [0, 0.05) is 31.1 Å². The average Bonchev–Trinajstić information content (AvgIpc) is 3.49. The summed E-state index contributed by atoms with van der Waals surface area (Å²) in [6, 6.07) is 14.7. The normalized spacial score (nSPS) is 24.0. The van der Waals surface area contributed by atoms with Crippen LogP contribution in [0.2, 0.25) is 0 Å². The second-order valence-corrected chi connectivity index (χ2v) is 11.1. The summed E-state index contributed by atoms with van der Waals surface area (Å²) >= 11 is 0. The van der Waals surface area contributed by atoms with Gasteiger partial charge in [-0.25, -0.2) is 5.01 Å². The Kier molecular flexibility index (Phi) is 7.98. The molecule has 2 fully saturated rings. The minimum atomic E-state index is -0.0932. The Morgan fingerprint density at radius 1 is 0.897 bits per heavy atom. The van der Waals surface area contributed by atoms with Gasteiger partial charge in [0.25, 0.3) is 0 Å². The number of nitrogens with zero attached hydrogens (tertiary/aromatic N) is 3. The van der Waals surface area contributed by atoms with Gasteiger partial charge >= 0.3 is 0 Å². The van der Waals surface area contributed by atoms with Gasteiger partial charge in [-0.05, 0) is 67.9 Å². The molecule has 0 radical (unpaired) electrons. The predicted molar refractivity (Wildman–Crippen MR) is 151 cm³/mol. The fourth-order valence-corrected chi connectivity index (χ4v) is 6.27. The Morgan fingerprint density at radius 2 is 1.59 bits per heavy atom. The number of fused-ring (bicyclic) bond motifs is 1. The highest BCUT2D eigenvalue weighted by Crippen LogP contribution is 2.38. The van der Waals surface area contributed by atoms with Crippen LogP contribution in [0, 0.1) is 11.8 Å². The van der Waals surface area contributed by atoms with Crippen LogP contribution in [0.1, 0.15) is 55.2 Å². The molecule has 2 aliphatic carbocycles. The van der Waals surface area contributed by atoms with Crippen LogP contribution in [-0.2, 0) is 22.6 Å². The fraction of sp³-hybridized carbons (Fsp3) is 0.500. The molecule has 0 N–H and O–H groups in total. The van der Waals surface area contributed by atoms with Crippen LogP contribution in [0.5, 0.6) is 11.5 Å². The topological polar surface area (TPSA) is 63.6 Å². The lowest BCUT2D eigenvalue weighted by Crippen LogP contribution is -2.45. The molecule has 1 saturated carbocycles. The second-order valence-electron chi connectivity index (χ2n) is 11.1. The zero-order valence-electron chi connectivity index (χ0n) is 22.9. The number of hydrogen-bond acceptors (Lipinski definition) is 6. The fourth-order valence-electron chi connectivity index (χ4n) is 6.27. The van der Waals surface area contributed by atoms with Gasteiger partial charge in [0.2, 0.25) is 5.91 Å². The van der Waals surface area contributed by atoms with Crippen LogP contribution in [0.25, 0.3) is 0 Å². The largest absolute Gasteiger partial charge is 0.493 e. The molecular weight excluding hydrogens is 490 g/mol. The Bertz CT molecular complexity index is 1210. The van der Waals surface area contributed by atoms with Gasteiger partial charge < -0.3 is 14.2 Å². The first-order chi connectivity index (χ1) is 19.2. The summed E-state index contributed by atoms with van der Waals surface area (Å²) in [5, 5.41) is 6.69. The summed E-state index contributed by atoms with van der Waals surface area (Å²) in [5.74, 6) is 1.60. The molecule has 0 unspecified atom stereocenters. The summed E-state index contributed by atoms with van der Waals surface area (Å²) in [6.07, 6.45) is 10.7. The molecule has 6 rings (SSSR count). The number of rotatable bonds is 8. The summed E-state index contributed by atoms with van der Waals surface area (Å²) in [4.78, 5) is 16.0. The number of hydrazone groups is 1. The summed E-state index contributed by atoms with van der Waals surface area (Å²) in [6.45, 7) is 4.93. The Balaban J connectivity index is 1.24. The number of allylic oxidation sites excluding steroid dienone is 2. The van der Waals surface area contributed by atoms with Crippen LogP contribution >= 0.6 is 0 Å². The highest BCUT2D eigenvalue weighted by Gasteiger charge is 2.40. The van der Waals surface area contributed by atoms with E-state index < -0.39 is 0 Å². The van der Waals surface area contributed by atoms with Crippen LogP contribution < -0.4 is 9.47 Å². The number of methoxy groups -OCH3 is 1. The van der Waals surface area contributed by atoms with Crippen LogP contribution in [-0.4, -0.2) is 61.0 Å². The highest BCUT2D eigenvalue weighted by molar-refractivity contribution is 6.07. The van der Waals surface area contributed by atoms with E-state index in [1.807, 2.05) is 6.07 Å². The Morgan fingerprint density at radius 3 is 2.31 bits per heavy atom. The quantitative estimate of drug-likeness (QED) is 0.441. The maximum atomic E-state index is 13.6. The van der Waals surface area contributed by atoms with Gasteiger partial charge in [-0.1, -0.05) is 36.4 Å². The molecule has 206 valence electrons. The van der Waals surface area contributed by atoms with E-state index in [4.69, 9.17) is 19.3 Å². The van der Waals surface area contributed by atoms with Crippen LogP contribution in [0.3, 0.4) is 0 Å². The first-order valence-corrected chi connectivity index (χ1v) is 14.5. The van der Waals surface area contributed by atoms with Crippen molar-refractivity contribution in [2.75, 3.05) is 33.4 Å². The second kappa shape index (κ2) is 11.9. The third kappa shape index (κ3) is 5.89. The van der Waals surface area contributed by atoms with Crippen molar-refractivity contribution >= 4 is 11.6 Å². The van der Waals surface area contributed by atoms with Crippen molar-refractivity contribution in [2.24, 2.45) is 16.9 Å². The Hall–Kier alpha value is -3.16. The molecule has 2 atom stereocenters. The van der Waals surface area contributed by atoms with Crippen molar-refractivity contribution in [2.45, 2.75) is 57.7 Å². The van der Waals surface area contributed by atoms with Gasteiger partial charge in [-0.3, -0.25) is 9.69 Å². The monoisotopic (exact) mass is 529 g/mol. The molecule has 2 aliphatic heterocycles. The van der Waals surface area contributed by atoms with E-state index in [1.165, 1.54) is 18.4 Å². The van der Waals surface area contributed by atoms with Gasteiger partial charge in [0.05, 0.1) is 44.6 Å². The van der Waals surface area contributed by atoms with E-state index in [9.17, 15) is 4.79 Å². The summed E-state index contributed by atoms with van der Waals surface area (Å²) < 4.78 is 17.5. The minimum absolute atomic E-state index is 0.0716. The van der Waals surface area contributed by atoms with Gasteiger partial charge in [-0.15, -0.1) is 0 Å². The third-order valence-electron chi connectivity index (χ3n) is 8.50. The van der Waals surface area contributed by atoms with E-state index in [0.717, 1.165) is 86.9 Å². The molecule has 2 heterocycles. The number of hydrogen-bond donors (Lipinski definition) is 0. The molecule has 0 spiro atoms. The number of morpholine rings is 1. The van der Waals surface area contributed by atoms with E-state index >= 15 is 0 Å². The molecule has 2 aromatic rings. The lowest BCUT2D eigenvalue weighted by Gasteiger charge is -2.37. The molecule has 0 bridgehead atoms. The first-order valence-electron chi connectivity index (χ1n) is 14.5. The Labute approximate surface area is 231 Å². The van der Waals surface area contributed by atoms with Gasteiger partial charge in [0.15, 0.2) is 11.5 Å². The highest BCUT2D eigenvalue weighted by atomic mass is 16.5. The van der Waals surface area contributed by atoms with Crippen molar-refractivity contribution in [3.05, 3.63) is 71.3 Å². The van der Waals surface area contributed by atoms with Gasteiger partial charge in [0.1, 0.15) is 0 Å². The number of ether oxygens (including phenoxy) is 3. The van der Waals surface area contributed by atoms with E-state index in [2.05, 4.69) is 53.5 Å². The first kappa shape index (κ1) is 26.1. The summed E-state index contributed by atoms with van der Waals surface area (Å²) in [5.41, 5.74) is 4.33. The molecule has 0 aromatic heterocycles. The number of carbonyl (C=O) groups is 1. The van der Waals surface area contributed by atoms with Crippen molar-refractivity contribution in [3.63, 3.8) is 0 Å². The smallest absolute Gasteiger partial charge is 0.247 e. The molecule has 7 heteroatoms. The summed E-state index contributed by atoms with van der Waals surface area (Å²) in [7, 11) is 1.68. The molecule has 1 saturated heterocycles. The maximum Gasteiger partial charge on any atom is 0.247 e. The lowest BCUT2D eigenvalue weighted by molar-refractivity contribution is -0.138. The standard InChI is InChI=1S/C32H39N3O4/c1-37-29-15-14-25(20-30(29)39-26-6-2-3-7-26)31-27-8-4-5-9-28(27)32(36)35(33-31)22-24-12-10-23(11-13-24)21-34-16-18-38-19-17-34/h4-5,10-15,20,26-28H,2-3,6-9,16-19,21-22H2,1H3/t27-,28+/m1/s1. The predicted octanol–water partition coefficient (Wildman–Crippen LogP) is 5.18. The van der Waals surface area contributed by atoms with E-state index in [-0.39, 0.29) is 23.8 Å². The van der Waals surface area contributed by atoms with E-state index in [1.54, 1.807) is 12.1 Å². The SMILES string of the molecule is COc1ccc(C2=NN(Cc3ccc(CN4CCOCC4)cc3)C(=O)[C@H]3CC=CC[C@@H]23)cc1OC1CCCC1. The van der Waals surface area contributed by atoms with Crippen LogP contribution in [0.4, 0.5) is 0 Å². The lowest BCUT2D eigenvalue weighted by atomic mass is 9.76. The zero-order valence-corrected chi connectivity index (χ0v) is 22.9. The van der Waals surface area contributed by atoms with Crippen molar-refractivity contribution in [3.8, 4) is 11.5 Å². The molecule has 1 amide bonds. The molecular formula is C32H39N3O4. The van der Waals surface area contributed by atoms with E-state index in [0.29, 0.717) is 6.54 Å². The van der Waals surface area contributed by atoms with Crippen molar-refractivity contribution < 1.29 is 19.0 Å². The van der Waals surface area contributed by atoms with Crippen molar-refractivity contribution in [1.29, 1.82) is 0 Å². The van der Waals surface area contributed by atoms with Gasteiger partial charge in [-0.2, -0.15) is 5.10 Å². The number of carbonyl (C=O) groups excluding carboxylic acids is 1.